The summed E-state index contributed by atoms with van der Waals surface area (Å²) in [6.45, 7) is 0. The fourth-order valence-electron chi connectivity index (χ4n) is 1.05. The summed E-state index contributed by atoms with van der Waals surface area (Å²) in [4.78, 5) is 0.288. The second-order valence-electron chi connectivity index (χ2n) is 2.95. The maximum Gasteiger partial charge on any atom is 0.179 e. The van der Waals surface area contributed by atoms with Crippen LogP contribution in [0.3, 0.4) is 0 Å². The van der Waals surface area contributed by atoms with Crippen molar-refractivity contribution in [3.8, 4) is 6.07 Å². The minimum atomic E-state index is -3.18. The van der Waals surface area contributed by atoms with Crippen LogP contribution in [-0.2, 0) is 9.84 Å². The van der Waals surface area contributed by atoms with E-state index in [0.29, 0.717) is 11.3 Å². The van der Waals surface area contributed by atoms with Gasteiger partial charge in [-0.05, 0) is 30.5 Å². The van der Waals surface area contributed by atoms with Gasteiger partial charge in [0.2, 0.25) is 0 Å². The number of thioether (sulfide) groups is 1. The van der Waals surface area contributed by atoms with Crippen molar-refractivity contribution in [3.63, 3.8) is 0 Å². The molecule has 0 aromatic heterocycles. The van der Waals surface area contributed by atoms with Gasteiger partial charge in [-0.3, -0.25) is 0 Å². The number of hydrogen-bond acceptors (Lipinski definition) is 4. The fraction of sp³-hybridized carbons (Fsp3) is 0.300. The van der Waals surface area contributed by atoms with Gasteiger partial charge in [-0.2, -0.15) is 17.0 Å². The molecule has 0 heterocycles. The summed E-state index contributed by atoms with van der Waals surface area (Å²) in [5.74, 6) is 0.725. The summed E-state index contributed by atoms with van der Waals surface area (Å²) < 4.78 is 23.4. The summed E-state index contributed by atoms with van der Waals surface area (Å²) in [5.41, 5.74) is 0.471. The van der Waals surface area contributed by atoms with E-state index in [9.17, 15) is 8.42 Å². The topological polar surface area (TPSA) is 57.9 Å². The van der Waals surface area contributed by atoms with Crippen LogP contribution in [0.4, 0.5) is 0 Å². The van der Waals surface area contributed by atoms with E-state index in [1.165, 1.54) is 36.0 Å². The molecule has 0 unspecified atom stereocenters. The molecule has 5 heteroatoms. The predicted octanol–water partition coefficient (Wildman–Crippen LogP) is 1.69. The Hall–Kier alpha value is -0.990. The van der Waals surface area contributed by atoms with E-state index < -0.39 is 9.84 Å². The van der Waals surface area contributed by atoms with Gasteiger partial charge in [-0.25, -0.2) is 8.42 Å². The minimum absolute atomic E-state index is 0.139. The molecule has 15 heavy (non-hydrogen) atoms. The molecule has 0 saturated carbocycles. The van der Waals surface area contributed by atoms with Crippen LogP contribution >= 0.6 is 11.8 Å². The second-order valence-corrected chi connectivity index (χ2v) is 6.04. The van der Waals surface area contributed by atoms with E-state index in [1.54, 1.807) is 0 Å². The molecular formula is C10H11NO2S2. The lowest BCUT2D eigenvalue weighted by atomic mass is 10.2. The van der Waals surface area contributed by atoms with Crippen LogP contribution in [0.15, 0.2) is 29.2 Å². The quantitative estimate of drug-likeness (QED) is 0.805. The van der Waals surface area contributed by atoms with Crippen LogP contribution in [0.25, 0.3) is 0 Å². The Morgan fingerprint density at radius 2 is 1.93 bits per heavy atom. The third kappa shape index (κ3) is 3.26. The molecule has 0 aliphatic rings. The van der Waals surface area contributed by atoms with Crippen molar-refractivity contribution in [2.75, 3.05) is 17.8 Å². The number of sulfone groups is 1. The fourth-order valence-corrected chi connectivity index (χ4v) is 3.38. The number of nitrogens with zero attached hydrogens (tertiary/aromatic N) is 1. The molecule has 0 amide bonds. The van der Waals surface area contributed by atoms with E-state index in [4.69, 9.17) is 5.26 Å². The average molecular weight is 241 g/mol. The smallest absolute Gasteiger partial charge is 0.179 e. The van der Waals surface area contributed by atoms with E-state index in [2.05, 4.69) is 0 Å². The van der Waals surface area contributed by atoms with Gasteiger partial charge in [0.05, 0.1) is 22.3 Å². The highest BCUT2D eigenvalue weighted by molar-refractivity contribution is 8.00. The molecule has 1 aromatic rings. The van der Waals surface area contributed by atoms with Crippen molar-refractivity contribution in [3.05, 3.63) is 29.8 Å². The van der Waals surface area contributed by atoms with Gasteiger partial charge in [0.25, 0.3) is 0 Å². The number of benzene rings is 1. The predicted molar refractivity (Wildman–Crippen MR) is 61.6 cm³/mol. The maximum atomic E-state index is 11.7. The Morgan fingerprint density at radius 1 is 1.33 bits per heavy atom. The van der Waals surface area contributed by atoms with E-state index in [1.807, 2.05) is 12.3 Å². The van der Waals surface area contributed by atoms with E-state index >= 15 is 0 Å². The highest BCUT2D eigenvalue weighted by Crippen LogP contribution is 2.13. The lowest BCUT2D eigenvalue weighted by Crippen LogP contribution is -2.08. The Bertz CT molecular complexity index is 457. The molecule has 3 nitrogen and oxygen atoms in total. The maximum absolute atomic E-state index is 11.7. The van der Waals surface area contributed by atoms with Crippen LogP contribution in [0, 0.1) is 11.3 Å². The molecule has 0 spiro atoms. The minimum Gasteiger partial charge on any atom is -0.224 e. The summed E-state index contributed by atoms with van der Waals surface area (Å²) in [7, 11) is -3.18. The lowest BCUT2D eigenvalue weighted by molar-refractivity contribution is 0.597. The Morgan fingerprint density at radius 3 is 2.40 bits per heavy atom. The van der Waals surface area contributed by atoms with Gasteiger partial charge in [-0.15, -0.1) is 0 Å². The van der Waals surface area contributed by atoms with Gasteiger partial charge >= 0.3 is 0 Å². The van der Waals surface area contributed by atoms with Crippen molar-refractivity contribution in [2.24, 2.45) is 0 Å². The molecule has 80 valence electrons. The first kappa shape index (κ1) is 12.1. The summed E-state index contributed by atoms with van der Waals surface area (Å²) in [6.07, 6.45) is 1.87. The molecule has 0 saturated heterocycles. The van der Waals surface area contributed by atoms with Crippen LogP contribution in [0.5, 0.6) is 0 Å². The zero-order valence-electron chi connectivity index (χ0n) is 8.30. The van der Waals surface area contributed by atoms with Gasteiger partial charge in [0.1, 0.15) is 0 Å². The third-order valence-electron chi connectivity index (χ3n) is 1.90. The van der Waals surface area contributed by atoms with Gasteiger partial charge in [0, 0.05) is 5.75 Å². The standard InChI is InChI=1S/C10H11NO2S2/c1-14-6-7-15(12,13)10-4-2-9(8-11)3-5-10/h2-5H,6-7H2,1H3. The largest absolute Gasteiger partial charge is 0.224 e. The van der Waals surface area contributed by atoms with Crippen molar-refractivity contribution in [1.29, 1.82) is 5.26 Å². The Kier molecular flexibility index (Phi) is 4.18. The van der Waals surface area contributed by atoms with Crippen molar-refractivity contribution in [2.45, 2.75) is 4.90 Å². The average Bonchev–Trinajstić information content (AvgIpc) is 2.26. The second kappa shape index (κ2) is 5.19. The number of rotatable bonds is 4. The molecule has 0 aliphatic carbocycles. The van der Waals surface area contributed by atoms with Gasteiger partial charge in [0.15, 0.2) is 9.84 Å². The van der Waals surface area contributed by atoms with Crippen LogP contribution in [0.1, 0.15) is 5.56 Å². The van der Waals surface area contributed by atoms with E-state index in [0.717, 1.165) is 0 Å². The first-order chi connectivity index (χ1) is 7.10. The molecule has 0 fully saturated rings. The van der Waals surface area contributed by atoms with Crippen molar-refractivity contribution < 1.29 is 8.42 Å². The number of nitriles is 1. The highest BCUT2D eigenvalue weighted by Gasteiger charge is 2.13. The van der Waals surface area contributed by atoms with Gasteiger partial charge in [-0.1, -0.05) is 0 Å². The van der Waals surface area contributed by atoms with Crippen molar-refractivity contribution in [1.82, 2.24) is 0 Å². The molecule has 1 rings (SSSR count). The number of hydrogen-bond donors (Lipinski definition) is 0. The molecule has 0 bridgehead atoms. The summed E-state index contributed by atoms with van der Waals surface area (Å²) >= 11 is 1.50. The third-order valence-corrected chi connectivity index (χ3v) is 4.50. The van der Waals surface area contributed by atoms with Crippen LogP contribution < -0.4 is 0 Å². The monoisotopic (exact) mass is 241 g/mol. The normalized spacial score (nSPS) is 10.9. The molecule has 0 atom stereocenters. The molecular weight excluding hydrogens is 230 g/mol. The van der Waals surface area contributed by atoms with Crippen molar-refractivity contribution >= 4 is 21.6 Å². The Labute approximate surface area is 94.0 Å². The van der Waals surface area contributed by atoms with Crippen LogP contribution in [0.2, 0.25) is 0 Å². The first-order valence-corrected chi connectivity index (χ1v) is 7.36. The van der Waals surface area contributed by atoms with Crippen LogP contribution in [-0.4, -0.2) is 26.2 Å². The van der Waals surface area contributed by atoms with E-state index in [-0.39, 0.29) is 10.6 Å². The zero-order chi connectivity index (χ0) is 11.3. The zero-order valence-corrected chi connectivity index (χ0v) is 9.94. The SMILES string of the molecule is CSCCS(=O)(=O)c1ccc(C#N)cc1. The summed E-state index contributed by atoms with van der Waals surface area (Å²) in [6, 6.07) is 7.95. The molecule has 0 N–H and O–H groups in total. The molecule has 0 aliphatic heterocycles. The Balaban J connectivity index is 2.92. The molecule has 0 radical (unpaired) electrons. The first-order valence-electron chi connectivity index (χ1n) is 4.32. The lowest BCUT2D eigenvalue weighted by Gasteiger charge is -2.02. The summed E-state index contributed by atoms with van der Waals surface area (Å²) in [5, 5.41) is 8.57. The highest BCUT2D eigenvalue weighted by atomic mass is 32.2. The van der Waals surface area contributed by atoms with Gasteiger partial charge < -0.3 is 0 Å². The molecule has 1 aromatic carbocycles.